The number of hydrogen-bond donors (Lipinski definition) is 2. The van der Waals surface area contributed by atoms with Gasteiger partial charge >= 0.3 is 6.09 Å². The SMILES string of the molecule is COc1cccc(CNC(=O)c2cc(-c3nnn(C[C@H]4CC[C@@H](NC(=O)OC(C)(C)C)C4)n3)cc(C)n2)c1. The molecule has 2 atom stereocenters. The van der Waals surface area contributed by atoms with Crippen molar-refractivity contribution in [3.05, 3.63) is 53.3 Å². The number of aryl methyl sites for hydroxylation is 1. The Bertz CT molecular complexity index is 1280. The number of benzene rings is 1. The van der Waals surface area contributed by atoms with Gasteiger partial charge in [-0.15, -0.1) is 10.2 Å². The molecule has 0 bridgehead atoms. The van der Waals surface area contributed by atoms with E-state index in [0.717, 1.165) is 30.6 Å². The lowest BCUT2D eigenvalue weighted by molar-refractivity contribution is 0.0504. The summed E-state index contributed by atoms with van der Waals surface area (Å²) in [7, 11) is 1.61. The summed E-state index contributed by atoms with van der Waals surface area (Å²) >= 11 is 0. The lowest BCUT2D eigenvalue weighted by atomic mass is 10.1. The van der Waals surface area contributed by atoms with E-state index in [1.165, 1.54) is 0 Å². The fraction of sp³-hybridized carbons (Fsp3) is 0.481. The molecule has 0 unspecified atom stereocenters. The van der Waals surface area contributed by atoms with Gasteiger partial charge in [0.05, 0.1) is 13.7 Å². The molecule has 2 amide bonds. The van der Waals surface area contributed by atoms with Crippen molar-refractivity contribution < 1.29 is 19.1 Å². The summed E-state index contributed by atoms with van der Waals surface area (Å²) in [5.74, 6) is 1.18. The van der Waals surface area contributed by atoms with E-state index in [0.29, 0.717) is 36.1 Å². The average molecular weight is 522 g/mol. The topological polar surface area (TPSA) is 133 Å². The number of methoxy groups -OCH3 is 1. The first-order chi connectivity index (χ1) is 18.1. The van der Waals surface area contributed by atoms with Gasteiger partial charge in [-0.25, -0.2) is 9.78 Å². The maximum Gasteiger partial charge on any atom is 0.407 e. The van der Waals surface area contributed by atoms with Gasteiger partial charge in [-0.2, -0.15) is 4.80 Å². The molecule has 1 aliphatic rings. The molecule has 202 valence electrons. The fourth-order valence-corrected chi connectivity index (χ4v) is 4.48. The van der Waals surface area contributed by atoms with E-state index in [9.17, 15) is 9.59 Å². The Labute approximate surface area is 222 Å². The van der Waals surface area contributed by atoms with Crippen molar-refractivity contribution >= 4 is 12.0 Å². The first-order valence-electron chi connectivity index (χ1n) is 12.8. The Morgan fingerprint density at radius 2 is 1.97 bits per heavy atom. The lowest BCUT2D eigenvalue weighted by Gasteiger charge is -2.21. The smallest absolute Gasteiger partial charge is 0.407 e. The molecule has 11 heteroatoms. The van der Waals surface area contributed by atoms with Gasteiger partial charge in [0.2, 0.25) is 5.82 Å². The molecule has 4 rings (SSSR count). The number of nitrogens with one attached hydrogen (secondary N) is 2. The molecule has 0 saturated heterocycles. The van der Waals surface area contributed by atoms with Crippen LogP contribution in [0, 0.1) is 12.8 Å². The normalized spacial score (nSPS) is 17.2. The number of amides is 2. The highest BCUT2D eigenvalue weighted by Crippen LogP contribution is 2.27. The molecular weight excluding hydrogens is 486 g/mol. The third-order valence-electron chi connectivity index (χ3n) is 6.17. The van der Waals surface area contributed by atoms with Crippen molar-refractivity contribution in [1.29, 1.82) is 0 Å². The Balaban J connectivity index is 1.35. The molecule has 1 saturated carbocycles. The van der Waals surface area contributed by atoms with Gasteiger partial charge in [-0.05, 0) is 87.9 Å². The van der Waals surface area contributed by atoms with E-state index in [4.69, 9.17) is 9.47 Å². The Morgan fingerprint density at radius 1 is 1.16 bits per heavy atom. The molecule has 1 aromatic carbocycles. The molecule has 0 radical (unpaired) electrons. The molecule has 1 aliphatic carbocycles. The molecule has 2 aromatic heterocycles. The molecular formula is C27H35N7O4. The van der Waals surface area contributed by atoms with Crippen LogP contribution in [0.25, 0.3) is 11.4 Å². The van der Waals surface area contributed by atoms with Crippen LogP contribution in [0.5, 0.6) is 5.75 Å². The highest BCUT2D eigenvalue weighted by atomic mass is 16.6. The largest absolute Gasteiger partial charge is 0.497 e. The first kappa shape index (κ1) is 27.0. The molecule has 2 heterocycles. The number of pyridine rings is 1. The number of alkyl carbamates (subject to hydrolysis) is 1. The van der Waals surface area contributed by atoms with E-state index in [1.54, 1.807) is 18.0 Å². The number of aromatic nitrogens is 5. The summed E-state index contributed by atoms with van der Waals surface area (Å²) in [4.78, 5) is 30.9. The van der Waals surface area contributed by atoms with Gasteiger partial charge in [0.1, 0.15) is 17.0 Å². The van der Waals surface area contributed by atoms with E-state index in [-0.39, 0.29) is 23.7 Å². The van der Waals surface area contributed by atoms with Crippen molar-refractivity contribution in [2.75, 3.05) is 7.11 Å². The molecule has 3 aromatic rings. The highest BCUT2D eigenvalue weighted by molar-refractivity contribution is 5.93. The predicted molar refractivity (Wildman–Crippen MR) is 140 cm³/mol. The van der Waals surface area contributed by atoms with Crippen molar-refractivity contribution in [3.63, 3.8) is 0 Å². The van der Waals surface area contributed by atoms with Crippen molar-refractivity contribution in [2.45, 2.75) is 71.7 Å². The Morgan fingerprint density at radius 3 is 2.74 bits per heavy atom. The average Bonchev–Trinajstić information content (AvgIpc) is 3.50. The zero-order valence-corrected chi connectivity index (χ0v) is 22.5. The summed E-state index contributed by atoms with van der Waals surface area (Å²) in [6.07, 6.45) is 2.26. The standard InChI is InChI=1S/C27H35N7O4/c1-17-11-20(14-23(29-17)25(35)28-15-18-7-6-8-22(13-18)37-5)24-31-33-34(32-24)16-19-9-10-21(12-19)30-26(36)38-27(2,3)4/h6-8,11,13-14,19,21H,9-10,12,15-16H2,1-5H3,(H,28,35)(H,30,36)/t19-,21+/m0/s1. The second-order valence-corrected chi connectivity index (χ2v) is 10.6. The van der Waals surface area contributed by atoms with E-state index in [2.05, 4.69) is 31.0 Å². The number of nitrogens with zero attached hydrogens (tertiary/aromatic N) is 5. The van der Waals surface area contributed by atoms with E-state index >= 15 is 0 Å². The quantitative estimate of drug-likeness (QED) is 0.459. The number of tetrazole rings is 1. The predicted octanol–water partition coefficient (Wildman–Crippen LogP) is 3.68. The Kier molecular flexibility index (Phi) is 8.23. The molecule has 38 heavy (non-hydrogen) atoms. The van der Waals surface area contributed by atoms with Gasteiger partial charge in [-0.3, -0.25) is 4.79 Å². The van der Waals surface area contributed by atoms with Gasteiger partial charge in [0.15, 0.2) is 0 Å². The van der Waals surface area contributed by atoms with Crippen LogP contribution in [-0.2, 0) is 17.8 Å². The van der Waals surface area contributed by atoms with Gasteiger partial charge < -0.3 is 20.1 Å². The van der Waals surface area contributed by atoms with Gasteiger partial charge in [-0.1, -0.05) is 12.1 Å². The third kappa shape index (κ3) is 7.50. The summed E-state index contributed by atoms with van der Waals surface area (Å²) in [6.45, 7) is 8.31. The number of rotatable bonds is 8. The molecule has 2 N–H and O–H groups in total. The first-order valence-corrected chi connectivity index (χ1v) is 12.8. The third-order valence-corrected chi connectivity index (χ3v) is 6.17. The van der Waals surface area contributed by atoms with E-state index in [1.807, 2.05) is 58.0 Å². The minimum absolute atomic E-state index is 0.0683. The van der Waals surface area contributed by atoms with Crippen LogP contribution in [0.3, 0.4) is 0 Å². The van der Waals surface area contributed by atoms with Crippen molar-refractivity contribution in [1.82, 2.24) is 35.8 Å². The number of ether oxygens (including phenoxy) is 2. The second-order valence-electron chi connectivity index (χ2n) is 10.6. The van der Waals surface area contributed by atoms with Crippen LogP contribution < -0.4 is 15.4 Å². The monoisotopic (exact) mass is 521 g/mol. The summed E-state index contributed by atoms with van der Waals surface area (Å²) in [6, 6.07) is 11.1. The van der Waals surface area contributed by atoms with Crippen LogP contribution in [0.4, 0.5) is 4.79 Å². The summed E-state index contributed by atoms with van der Waals surface area (Å²) in [5, 5.41) is 18.8. The summed E-state index contributed by atoms with van der Waals surface area (Å²) < 4.78 is 10.6. The summed E-state index contributed by atoms with van der Waals surface area (Å²) in [5.41, 5.74) is 2.03. The highest BCUT2D eigenvalue weighted by Gasteiger charge is 2.28. The van der Waals surface area contributed by atoms with Crippen LogP contribution in [-0.4, -0.2) is 55.9 Å². The van der Waals surface area contributed by atoms with Gasteiger partial charge in [0.25, 0.3) is 5.91 Å². The molecule has 0 aliphatic heterocycles. The van der Waals surface area contributed by atoms with Crippen LogP contribution in [0.1, 0.15) is 61.8 Å². The van der Waals surface area contributed by atoms with Crippen LogP contribution >= 0.6 is 0 Å². The Hall–Kier alpha value is -4.02. The van der Waals surface area contributed by atoms with Gasteiger partial charge in [0, 0.05) is 23.8 Å². The number of carbonyl (C=O) groups excluding carboxylic acids is 2. The fourth-order valence-electron chi connectivity index (χ4n) is 4.48. The second kappa shape index (κ2) is 11.6. The maximum atomic E-state index is 12.8. The minimum atomic E-state index is -0.523. The van der Waals surface area contributed by atoms with Crippen LogP contribution in [0.15, 0.2) is 36.4 Å². The zero-order valence-electron chi connectivity index (χ0n) is 22.5. The van der Waals surface area contributed by atoms with Crippen LogP contribution in [0.2, 0.25) is 0 Å². The number of hydrogen-bond acceptors (Lipinski definition) is 8. The molecule has 0 spiro atoms. The zero-order chi connectivity index (χ0) is 27.3. The number of carbonyl (C=O) groups is 2. The lowest BCUT2D eigenvalue weighted by Crippen LogP contribution is -2.38. The molecule has 1 fully saturated rings. The van der Waals surface area contributed by atoms with Crippen molar-refractivity contribution in [3.8, 4) is 17.1 Å². The van der Waals surface area contributed by atoms with E-state index < -0.39 is 5.60 Å². The molecule has 11 nitrogen and oxygen atoms in total. The van der Waals surface area contributed by atoms with Crippen molar-refractivity contribution in [2.24, 2.45) is 5.92 Å². The minimum Gasteiger partial charge on any atom is -0.497 e. The maximum absolute atomic E-state index is 12.8.